The van der Waals surface area contributed by atoms with Crippen LogP contribution in [0, 0.1) is 24.1 Å². The molecule has 0 aliphatic carbocycles. The van der Waals surface area contributed by atoms with Crippen molar-refractivity contribution in [1.82, 2.24) is 0 Å². The van der Waals surface area contributed by atoms with Crippen LogP contribution in [0.25, 0.3) is 0 Å². The smallest absolute Gasteiger partial charge is 0.184 e. The third kappa shape index (κ3) is 3.07. The molecule has 0 aromatic heterocycles. The fourth-order valence-corrected chi connectivity index (χ4v) is 2.41. The van der Waals surface area contributed by atoms with Gasteiger partial charge in [0.05, 0.1) is 6.07 Å². The van der Waals surface area contributed by atoms with Crippen LogP contribution in [-0.4, -0.2) is 5.78 Å². The first-order valence-corrected chi connectivity index (χ1v) is 6.85. The number of benzene rings is 2. The van der Waals surface area contributed by atoms with Gasteiger partial charge < -0.3 is 0 Å². The molecule has 2 aromatic carbocycles. The number of hydrogen-bond acceptors (Lipinski definition) is 2. The highest BCUT2D eigenvalue weighted by Gasteiger charge is 2.27. The Balaban J connectivity index is 2.49. The standard InChI is InChI=1S/C16H10Cl2FNO/c1-9-5-6-10(7-13(9)18)16(21)11(8-20)15-12(17)3-2-4-14(15)19/h2-7,11H,1H3. The lowest BCUT2D eigenvalue weighted by atomic mass is 9.91. The largest absolute Gasteiger partial charge is 0.292 e. The van der Waals surface area contributed by atoms with Gasteiger partial charge in [-0.25, -0.2) is 4.39 Å². The summed E-state index contributed by atoms with van der Waals surface area (Å²) in [5, 5.41) is 9.72. The Labute approximate surface area is 131 Å². The number of nitrogens with zero attached hydrogens (tertiary/aromatic N) is 1. The molecule has 21 heavy (non-hydrogen) atoms. The summed E-state index contributed by atoms with van der Waals surface area (Å²) in [6.07, 6.45) is 0. The Bertz CT molecular complexity index is 732. The highest BCUT2D eigenvalue weighted by molar-refractivity contribution is 6.32. The molecule has 5 heteroatoms. The van der Waals surface area contributed by atoms with Gasteiger partial charge >= 0.3 is 0 Å². The highest BCUT2D eigenvalue weighted by atomic mass is 35.5. The summed E-state index contributed by atoms with van der Waals surface area (Å²) in [4.78, 5) is 12.4. The van der Waals surface area contributed by atoms with Crippen molar-refractivity contribution in [3.05, 3.63) is 69.0 Å². The molecule has 2 nitrogen and oxygen atoms in total. The van der Waals surface area contributed by atoms with Gasteiger partial charge in [-0.05, 0) is 30.7 Å². The first-order chi connectivity index (χ1) is 9.95. The third-order valence-corrected chi connectivity index (χ3v) is 3.87. The van der Waals surface area contributed by atoms with E-state index in [1.54, 1.807) is 19.1 Å². The van der Waals surface area contributed by atoms with Crippen molar-refractivity contribution in [3.63, 3.8) is 0 Å². The van der Waals surface area contributed by atoms with Crippen molar-refractivity contribution in [1.29, 1.82) is 5.26 Å². The quantitative estimate of drug-likeness (QED) is 0.752. The average molecular weight is 322 g/mol. The van der Waals surface area contributed by atoms with Crippen LogP contribution in [0.1, 0.15) is 27.4 Å². The molecule has 1 atom stereocenters. The summed E-state index contributed by atoms with van der Waals surface area (Å²) in [6.45, 7) is 1.80. The molecule has 0 spiro atoms. The molecule has 0 aliphatic heterocycles. The van der Waals surface area contributed by atoms with E-state index in [1.165, 1.54) is 24.3 Å². The van der Waals surface area contributed by atoms with Crippen molar-refractivity contribution in [2.45, 2.75) is 12.8 Å². The molecule has 1 unspecified atom stereocenters. The van der Waals surface area contributed by atoms with Gasteiger partial charge in [-0.15, -0.1) is 0 Å². The van der Waals surface area contributed by atoms with E-state index in [0.717, 1.165) is 5.56 Å². The number of carbonyl (C=O) groups excluding carboxylic acids is 1. The number of Topliss-reactive ketones (excluding diaryl/α,β-unsaturated/α-hetero) is 1. The van der Waals surface area contributed by atoms with Gasteiger partial charge in [0.25, 0.3) is 0 Å². The van der Waals surface area contributed by atoms with Crippen LogP contribution in [-0.2, 0) is 0 Å². The summed E-state index contributed by atoms with van der Waals surface area (Å²) < 4.78 is 13.9. The Morgan fingerprint density at radius 1 is 1.24 bits per heavy atom. The zero-order valence-electron chi connectivity index (χ0n) is 11.0. The molecule has 0 N–H and O–H groups in total. The SMILES string of the molecule is Cc1ccc(C(=O)C(C#N)c2c(F)cccc2Cl)cc1Cl. The second-order valence-electron chi connectivity index (χ2n) is 4.53. The summed E-state index contributed by atoms with van der Waals surface area (Å²) in [7, 11) is 0. The number of rotatable bonds is 3. The van der Waals surface area contributed by atoms with E-state index in [4.69, 9.17) is 23.2 Å². The molecular weight excluding hydrogens is 312 g/mol. The number of aryl methyl sites for hydroxylation is 1. The summed E-state index contributed by atoms with van der Waals surface area (Å²) in [6, 6.07) is 10.5. The average Bonchev–Trinajstić information content (AvgIpc) is 2.45. The summed E-state index contributed by atoms with van der Waals surface area (Å²) in [5.74, 6) is -2.52. The Morgan fingerprint density at radius 2 is 1.95 bits per heavy atom. The van der Waals surface area contributed by atoms with Gasteiger partial charge in [-0.3, -0.25) is 4.79 Å². The first-order valence-electron chi connectivity index (χ1n) is 6.09. The lowest BCUT2D eigenvalue weighted by Gasteiger charge is -2.12. The van der Waals surface area contributed by atoms with Crippen LogP contribution in [0.15, 0.2) is 36.4 Å². The third-order valence-electron chi connectivity index (χ3n) is 3.14. The lowest BCUT2D eigenvalue weighted by Crippen LogP contribution is -2.13. The number of ketones is 1. The maximum Gasteiger partial charge on any atom is 0.184 e. The number of nitriles is 1. The molecular formula is C16H10Cl2FNO. The molecule has 2 rings (SSSR count). The molecule has 0 heterocycles. The fraction of sp³-hybridized carbons (Fsp3) is 0.125. The Hall–Kier alpha value is -1.89. The van der Waals surface area contributed by atoms with Gasteiger partial charge in [-0.1, -0.05) is 41.4 Å². The minimum Gasteiger partial charge on any atom is -0.292 e. The van der Waals surface area contributed by atoms with Gasteiger partial charge in [-0.2, -0.15) is 5.26 Å². The van der Waals surface area contributed by atoms with E-state index in [-0.39, 0.29) is 16.1 Å². The molecule has 0 radical (unpaired) electrons. The number of halogens is 3. The van der Waals surface area contributed by atoms with Crippen molar-refractivity contribution < 1.29 is 9.18 Å². The van der Waals surface area contributed by atoms with Crippen LogP contribution in [0.2, 0.25) is 10.0 Å². The molecule has 0 amide bonds. The van der Waals surface area contributed by atoms with Crippen molar-refractivity contribution in [2.24, 2.45) is 0 Å². The number of hydrogen-bond donors (Lipinski definition) is 0. The molecule has 106 valence electrons. The summed E-state index contributed by atoms with van der Waals surface area (Å²) >= 11 is 11.9. The molecule has 0 saturated heterocycles. The number of carbonyl (C=O) groups is 1. The lowest BCUT2D eigenvalue weighted by molar-refractivity contribution is 0.0977. The normalized spacial score (nSPS) is 11.8. The van der Waals surface area contributed by atoms with Gasteiger partial charge in [0, 0.05) is 21.2 Å². The Kier molecular flexibility index (Phi) is 4.62. The molecule has 0 bridgehead atoms. The van der Waals surface area contributed by atoms with E-state index < -0.39 is 17.5 Å². The maximum atomic E-state index is 13.9. The highest BCUT2D eigenvalue weighted by Crippen LogP contribution is 2.30. The molecule has 0 aliphatic rings. The fourth-order valence-electron chi connectivity index (χ4n) is 1.95. The van der Waals surface area contributed by atoms with Gasteiger partial charge in [0.15, 0.2) is 5.78 Å². The van der Waals surface area contributed by atoms with E-state index in [1.807, 2.05) is 6.07 Å². The minimum atomic E-state index is -1.31. The minimum absolute atomic E-state index is 0.0492. The summed E-state index contributed by atoms with van der Waals surface area (Å²) in [5.41, 5.74) is 0.950. The van der Waals surface area contributed by atoms with Crippen LogP contribution >= 0.6 is 23.2 Å². The Morgan fingerprint density at radius 3 is 2.52 bits per heavy atom. The van der Waals surface area contributed by atoms with Crippen molar-refractivity contribution in [3.8, 4) is 6.07 Å². The van der Waals surface area contributed by atoms with Crippen molar-refractivity contribution >= 4 is 29.0 Å². The molecule has 0 fully saturated rings. The predicted octanol–water partition coefficient (Wildman–Crippen LogP) is 4.93. The van der Waals surface area contributed by atoms with Gasteiger partial charge in [0.2, 0.25) is 0 Å². The van der Waals surface area contributed by atoms with Gasteiger partial charge in [0.1, 0.15) is 11.7 Å². The van der Waals surface area contributed by atoms with Crippen LogP contribution in [0.3, 0.4) is 0 Å². The van der Waals surface area contributed by atoms with E-state index in [0.29, 0.717) is 5.02 Å². The second-order valence-corrected chi connectivity index (χ2v) is 5.34. The second kappa shape index (κ2) is 6.26. The topological polar surface area (TPSA) is 40.9 Å². The van der Waals surface area contributed by atoms with E-state index in [9.17, 15) is 14.4 Å². The van der Waals surface area contributed by atoms with Crippen LogP contribution < -0.4 is 0 Å². The molecule has 0 saturated carbocycles. The van der Waals surface area contributed by atoms with E-state index in [2.05, 4.69) is 0 Å². The molecule has 2 aromatic rings. The van der Waals surface area contributed by atoms with Crippen LogP contribution in [0.5, 0.6) is 0 Å². The van der Waals surface area contributed by atoms with Crippen molar-refractivity contribution in [2.75, 3.05) is 0 Å². The van der Waals surface area contributed by atoms with E-state index >= 15 is 0 Å². The van der Waals surface area contributed by atoms with Crippen LogP contribution in [0.4, 0.5) is 4.39 Å². The predicted molar refractivity (Wildman–Crippen MR) is 80.3 cm³/mol. The maximum absolute atomic E-state index is 13.9. The monoisotopic (exact) mass is 321 g/mol. The zero-order chi connectivity index (χ0) is 15.6. The first kappa shape index (κ1) is 15.5. The zero-order valence-corrected chi connectivity index (χ0v) is 12.5.